The molecule has 0 heterocycles. The Hall–Kier alpha value is -0.740. The summed E-state index contributed by atoms with van der Waals surface area (Å²) in [6, 6.07) is 4.40. The zero-order chi connectivity index (χ0) is 12.3. The van der Waals surface area contributed by atoms with Gasteiger partial charge in [-0.1, -0.05) is 27.5 Å². The number of rotatable bonds is 3. The van der Waals surface area contributed by atoms with Crippen LogP contribution in [0.1, 0.15) is 17.3 Å². The monoisotopic (exact) mass is 305 g/mol. The second-order valence-corrected chi connectivity index (χ2v) is 4.64. The lowest BCUT2D eigenvalue weighted by Crippen LogP contribution is -2.36. The van der Waals surface area contributed by atoms with Gasteiger partial charge in [-0.2, -0.15) is 0 Å². The number of benzene rings is 1. The van der Waals surface area contributed by atoms with Crippen molar-refractivity contribution in [2.75, 3.05) is 12.4 Å². The molecule has 0 aromatic heterocycles. The van der Waals surface area contributed by atoms with Crippen molar-refractivity contribution in [3.63, 3.8) is 0 Å². The molecule has 1 rings (SSSR count). The Morgan fingerprint density at radius 3 is 2.81 bits per heavy atom. The molecule has 0 spiro atoms. The zero-order valence-corrected chi connectivity index (χ0v) is 11.4. The number of phenols is 1. The van der Waals surface area contributed by atoms with Gasteiger partial charge in [0.05, 0.1) is 10.6 Å². The number of amides is 1. The van der Waals surface area contributed by atoms with Crippen LogP contribution in [0.15, 0.2) is 18.2 Å². The summed E-state index contributed by atoms with van der Waals surface area (Å²) in [5.41, 5.74) is 0.317. The van der Waals surface area contributed by atoms with E-state index in [1.807, 2.05) is 6.92 Å². The molecule has 88 valence electrons. The van der Waals surface area contributed by atoms with Crippen LogP contribution in [0.4, 0.5) is 0 Å². The van der Waals surface area contributed by atoms with Gasteiger partial charge < -0.3 is 10.0 Å². The summed E-state index contributed by atoms with van der Waals surface area (Å²) in [6.07, 6.45) is 0. The number of carbonyl (C=O) groups excluding carboxylic acids is 1. The van der Waals surface area contributed by atoms with Gasteiger partial charge in [0.2, 0.25) is 0 Å². The molecule has 1 unspecified atom stereocenters. The molecule has 5 heteroatoms. The third-order valence-electron chi connectivity index (χ3n) is 2.39. The summed E-state index contributed by atoms with van der Waals surface area (Å²) in [4.78, 5) is 13.6. The normalized spacial score (nSPS) is 12.2. The van der Waals surface area contributed by atoms with E-state index in [1.54, 1.807) is 11.9 Å². The fourth-order valence-corrected chi connectivity index (χ4v) is 1.80. The Bertz CT molecular complexity index is 398. The Labute approximate surface area is 108 Å². The average Bonchev–Trinajstić information content (AvgIpc) is 2.29. The quantitative estimate of drug-likeness (QED) is 0.872. The molecule has 1 atom stereocenters. The molecule has 0 aliphatic rings. The topological polar surface area (TPSA) is 40.5 Å². The van der Waals surface area contributed by atoms with Crippen LogP contribution < -0.4 is 0 Å². The van der Waals surface area contributed by atoms with E-state index in [-0.39, 0.29) is 17.7 Å². The van der Waals surface area contributed by atoms with Crippen LogP contribution in [-0.2, 0) is 0 Å². The van der Waals surface area contributed by atoms with E-state index in [1.165, 1.54) is 18.2 Å². The average molecular weight is 307 g/mol. The lowest BCUT2D eigenvalue weighted by atomic mass is 10.1. The SMILES string of the molecule is CC(CBr)N(C)C(=O)c1cc(O)ccc1Cl. The highest BCUT2D eigenvalue weighted by atomic mass is 79.9. The number of halogens is 2. The van der Waals surface area contributed by atoms with E-state index in [0.717, 1.165) is 0 Å². The van der Waals surface area contributed by atoms with Crippen molar-refractivity contribution in [1.82, 2.24) is 4.90 Å². The number of alkyl halides is 1. The molecule has 0 radical (unpaired) electrons. The largest absolute Gasteiger partial charge is 0.508 e. The fraction of sp³-hybridized carbons (Fsp3) is 0.364. The van der Waals surface area contributed by atoms with E-state index in [4.69, 9.17) is 11.6 Å². The molecular formula is C11H13BrClNO2. The lowest BCUT2D eigenvalue weighted by molar-refractivity contribution is 0.0758. The number of hydrogen-bond donors (Lipinski definition) is 1. The van der Waals surface area contributed by atoms with Crippen LogP contribution in [0.3, 0.4) is 0 Å². The number of phenolic OH excluding ortho intramolecular Hbond substituents is 1. The maximum Gasteiger partial charge on any atom is 0.255 e. The second kappa shape index (κ2) is 5.55. The lowest BCUT2D eigenvalue weighted by Gasteiger charge is -2.23. The van der Waals surface area contributed by atoms with Gasteiger partial charge in [-0.05, 0) is 25.1 Å². The Kier molecular flexibility index (Phi) is 4.62. The highest BCUT2D eigenvalue weighted by molar-refractivity contribution is 9.09. The van der Waals surface area contributed by atoms with E-state index in [9.17, 15) is 9.90 Å². The number of carbonyl (C=O) groups is 1. The molecule has 1 aromatic carbocycles. The third-order valence-corrected chi connectivity index (χ3v) is 3.65. The maximum absolute atomic E-state index is 12.0. The van der Waals surface area contributed by atoms with Gasteiger partial charge in [0.1, 0.15) is 5.75 Å². The highest BCUT2D eigenvalue weighted by Crippen LogP contribution is 2.23. The van der Waals surface area contributed by atoms with Crippen LogP contribution in [0.25, 0.3) is 0 Å². The first-order chi connectivity index (χ1) is 7.47. The summed E-state index contributed by atoms with van der Waals surface area (Å²) >= 11 is 9.23. The highest BCUT2D eigenvalue weighted by Gasteiger charge is 2.19. The Balaban J connectivity index is 3.00. The van der Waals surface area contributed by atoms with Crippen LogP contribution >= 0.6 is 27.5 Å². The first-order valence-corrected chi connectivity index (χ1v) is 6.29. The minimum atomic E-state index is -0.201. The summed E-state index contributed by atoms with van der Waals surface area (Å²) < 4.78 is 0. The summed E-state index contributed by atoms with van der Waals surface area (Å²) in [6.45, 7) is 1.92. The molecule has 0 saturated carbocycles. The first kappa shape index (κ1) is 13.3. The van der Waals surface area contributed by atoms with Gasteiger partial charge in [-0.25, -0.2) is 0 Å². The van der Waals surface area contributed by atoms with Gasteiger partial charge in [0, 0.05) is 18.4 Å². The van der Waals surface area contributed by atoms with E-state index in [0.29, 0.717) is 15.9 Å². The first-order valence-electron chi connectivity index (χ1n) is 4.79. The van der Waals surface area contributed by atoms with Gasteiger partial charge >= 0.3 is 0 Å². The molecule has 1 N–H and O–H groups in total. The van der Waals surface area contributed by atoms with Gasteiger partial charge in [0.25, 0.3) is 5.91 Å². The van der Waals surface area contributed by atoms with Gasteiger partial charge in [0.15, 0.2) is 0 Å². The predicted octanol–water partition coefficient (Wildman–Crippen LogP) is 2.90. The van der Waals surface area contributed by atoms with Crippen molar-refractivity contribution in [1.29, 1.82) is 0 Å². The Morgan fingerprint density at radius 2 is 2.25 bits per heavy atom. The smallest absolute Gasteiger partial charge is 0.255 e. The minimum absolute atomic E-state index is 0.0349. The fourth-order valence-electron chi connectivity index (χ4n) is 1.17. The van der Waals surface area contributed by atoms with Crippen molar-refractivity contribution >= 4 is 33.4 Å². The maximum atomic E-state index is 12.0. The van der Waals surface area contributed by atoms with Crippen molar-refractivity contribution in [2.45, 2.75) is 13.0 Å². The number of nitrogens with zero attached hydrogens (tertiary/aromatic N) is 1. The van der Waals surface area contributed by atoms with Crippen molar-refractivity contribution < 1.29 is 9.90 Å². The van der Waals surface area contributed by atoms with Gasteiger partial charge in [-0.15, -0.1) is 0 Å². The van der Waals surface area contributed by atoms with E-state index in [2.05, 4.69) is 15.9 Å². The van der Waals surface area contributed by atoms with Crippen molar-refractivity contribution in [3.8, 4) is 5.75 Å². The predicted molar refractivity (Wildman–Crippen MR) is 68.5 cm³/mol. The number of hydrogen-bond acceptors (Lipinski definition) is 2. The zero-order valence-electron chi connectivity index (χ0n) is 9.08. The summed E-state index contributed by atoms with van der Waals surface area (Å²) in [5, 5.41) is 10.4. The van der Waals surface area contributed by atoms with Crippen LogP contribution in [0.2, 0.25) is 5.02 Å². The summed E-state index contributed by atoms with van der Waals surface area (Å²) in [5.74, 6) is -0.166. The standard InChI is InChI=1S/C11H13BrClNO2/c1-7(6-12)14(2)11(16)9-5-8(15)3-4-10(9)13/h3-5,7,15H,6H2,1-2H3. The van der Waals surface area contributed by atoms with E-state index < -0.39 is 0 Å². The van der Waals surface area contributed by atoms with E-state index >= 15 is 0 Å². The van der Waals surface area contributed by atoms with Crippen molar-refractivity contribution in [2.24, 2.45) is 0 Å². The Morgan fingerprint density at radius 1 is 1.62 bits per heavy atom. The second-order valence-electron chi connectivity index (χ2n) is 3.58. The van der Waals surface area contributed by atoms with Gasteiger partial charge in [-0.3, -0.25) is 4.79 Å². The molecule has 3 nitrogen and oxygen atoms in total. The molecule has 0 fully saturated rings. The molecule has 0 aliphatic heterocycles. The molecule has 16 heavy (non-hydrogen) atoms. The molecular weight excluding hydrogens is 293 g/mol. The summed E-state index contributed by atoms with van der Waals surface area (Å²) in [7, 11) is 1.70. The van der Waals surface area contributed by atoms with Crippen LogP contribution in [-0.4, -0.2) is 34.3 Å². The molecule has 0 bridgehead atoms. The molecule has 0 aliphatic carbocycles. The third kappa shape index (κ3) is 2.89. The van der Waals surface area contributed by atoms with Crippen LogP contribution in [0, 0.1) is 0 Å². The molecule has 0 saturated heterocycles. The molecule has 1 amide bonds. The van der Waals surface area contributed by atoms with Crippen LogP contribution in [0.5, 0.6) is 5.75 Å². The minimum Gasteiger partial charge on any atom is -0.508 e. The number of aromatic hydroxyl groups is 1. The molecule has 1 aromatic rings. The van der Waals surface area contributed by atoms with Crippen molar-refractivity contribution in [3.05, 3.63) is 28.8 Å².